The van der Waals surface area contributed by atoms with Gasteiger partial charge >= 0.3 is 0 Å². The van der Waals surface area contributed by atoms with E-state index in [2.05, 4.69) is 27.0 Å². The first-order chi connectivity index (χ1) is 12.1. The van der Waals surface area contributed by atoms with E-state index in [0.29, 0.717) is 16.3 Å². The van der Waals surface area contributed by atoms with Crippen molar-refractivity contribution < 1.29 is 4.92 Å². The molecule has 25 heavy (non-hydrogen) atoms. The summed E-state index contributed by atoms with van der Waals surface area (Å²) in [5.41, 5.74) is 2.86. The van der Waals surface area contributed by atoms with Crippen LogP contribution in [-0.2, 0) is 0 Å². The molecule has 0 N–H and O–H groups in total. The van der Waals surface area contributed by atoms with Gasteiger partial charge in [-0.2, -0.15) is 5.26 Å². The molecule has 1 heterocycles. The third-order valence-electron chi connectivity index (χ3n) is 3.39. The molecule has 2 aromatic carbocycles. The van der Waals surface area contributed by atoms with E-state index in [4.69, 9.17) is 0 Å². The molecule has 122 valence electrons. The number of rotatable bonds is 4. The van der Waals surface area contributed by atoms with Crippen molar-refractivity contribution in [3.8, 4) is 17.3 Å². The maximum absolute atomic E-state index is 10.7. The van der Waals surface area contributed by atoms with Crippen LogP contribution in [0, 0.1) is 21.4 Å². The summed E-state index contributed by atoms with van der Waals surface area (Å²) < 4.78 is 0.934. The summed E-state index contributed by atoms with van der Waals surface area (Å²) in [5, 5.41) is 22.6. The monoisotopic (exact) mass is 411 g/mol. The number of hydrogen-bond donors (Lipinski definition) is 0. The number of nitro benzene ring substituents is 1. The van der Waals surface area contributed by atoms with Gasteiger partial charge in [-0.05, 0) is 35.9 Å². The molecule has 1 aromatic heterocycles. The molecule has 7 heteroatoms. The van der Waals surface area contributed by atoms with Gasteiger partial charge in [0.05, 0.1) is 16.2 Å². The molecule has 0 fully saturated rings. The number of nitrogens with zero attached hydrogens (tertiary/aromatic N) is 3. The van der Waals surface area contributed by atoms with Crippen LogP contribution in [0.2, 0.25) is 0 Å². The molecule has 0 unspecified atom stereocenters. The van der Waals surface area contributed by atoms with Gasteiger partial charge < -0.3 is 0 Å². The topological polar surface area (TPSA) is 79.8 Å². The Kier molecular flexibility index (Phi) is 5.03. The molecule has 3 aromatic rings. The quantitative estimate of drug-likeness (QED) is 0.320. The zero-order valence-corrected chi connectivity index (χ0v) is 15.1. The van der Waals surface area contributed by atoms with Gasteiger partial charge in [0.1, 0.15) is 11.1 Å². The fourth-order valence-electron chi connectivity index (χ4n) is 2.19. The van der Waals surface area contributed by atoms with Crippen LogP contribution in [0.25, 0.3) is 22.9 Å². The highest BCUT2D eigenvalue weighted by Crippen LogP contribution is 2.28. The van der Waals surface area contributed by atoms with Crippen LogP contribution in [-0.4, -0.2) is 9.91 Å². The molecular weight excluding hydrogens is 402 g/mol. The van der Waals surface area contributed by atoms with Gasteiger partial charge in [0.25, 0.3) is 5.69 Å². The van der Waals surface area contributed by atoms with E-state index in [1.165, 1.54) is 23.5 Å². The van der Waals surface area contributed by atoms with Crippen LogP contribution in [0.1, 0.15) is 10.6 Å². The standard InChI is InChI=1S/C18H10BrN3O2S/c19-15-3-1-2-12(9-15)8-14(10-20)18-21-17(11-25-18)13-4-6-16(7-5-13)22(23)24/h1-9,11H. The van der Waals surface area contributed by atoms with Gasteiger partial charge in [-0.25, -0.2) is 4.98 Å². The van der Waals surface area contributed by atoms with Crippen LogP contribution in [0.3, 0.4) is 0 Å². The summed E-state index contributed by atoms with van der Waals surface area (Å²) in [4.78, 5) is 14.8. The summed E-state index contributed by atoms with van der Waals surface area (Å²) in [6.45, 7) is 0. The zero-order valence-electron chi connectivity index (χ0n) is 12.7. The van der Waals surface area contributed by atoms with Crippen molar-refractivity contribution in [1.82, 2.24) is 4.98 Å². The van der Waals surface area contributed by atoms with E-state index >= 15 is 0 Å². The first-order valence-electron chi connectivity index (χ1n) is 7.15. The Morgan fingerprint density at radius 1 is 1.28 bits per heavy atom. The Labute approximate surface area is 156 Å². The molecule has 0 spiro atoms. The lowest BCUT2D eigenvalue weighted by Crippen LogP contribution is -1.87. The van der Waals surface area contributed by atoms with E-state index in [0.717, 1.165) is 15.6 Å². The van der Waals surface area contributed by atoms with E-state index < -0.39 is 4.92 Å². The lowest BCUT2D eigenvalue weighted by molar-refractivity contribution is -0.384. The summed E-state index contributed by atoms with van der Waals surface area (Å²) in [6.07, 6.45) is 1.78. The van der Waals surface area contributed by atoms with Crippen molar-refractivity contribution in [1.29, 1.82) is 5.26 Å². The lowest BCUT2D eigenvalue weighted by atomic mass is 10.1. The Morgan fingerprint density at radius 3 is 2.68 bits per heavy atom. The number of thiazole rings is 1. The van der Waals surface area contributed by atoms with Crippen LogP contribution in [0.4, 0.5) is 5.69 Å². The number of hydrogen-bond acceptors (Lipinski definition) is 5. The number of benzene rings is 2. The fraction of sp³-hybridized carbons (Fsp3) is 0. The SMILES string of the molecule is N#CC(=Cc1cccc(Br)c1)c1nc(-c2ccc([N+](=O)[O-])cc2)cs1. The first-order valence-corrected chi connectivity index (χ1v) is 8.82. The van der Waals surface area contributed by atoms with Gasteiger partial charge in [-0.1, -0.05) is 28.1 Å². The number of allylic oxidation sites excluding steroid dienone is 1. The molecule has 5 nitrogen and oxygen atoms in total. The van der Waals surface area contributed by atoms with Crippen LogP contribution < -0.4 is 0 Å². The zero-order chi connectivity index (χ0) is 17.8. The van der Waals surface area contributed by atoms with Gasteiger partial charge in [-0.15, -0.1) is 11.3 Å². The minimum Gasteiger partial charge on any atom is -0.258 e. The smallest absolute Gasteiger partial charge is 0.258 e. The minimum atomic E-state index is -0.440. The molecule has 0 amide bonds. The van der Waals surface area contributed by atoms with Gasteiger partial charge in [0.15, 0.2) is 0 Å². The number of aromatic nitrogens is 1. The van der Waals surface area contributed by atoms with Gasteiger partial charge in [0.2, 0.25) is 0 Å². The van der Waals surface area contributed by atoms with Crippen molar-refractivity contribution in [3.63, 3.8) is 0 Å². The molecule has 3 rings (SSSR count). The van der Waals surface area contributed by atoms with Crippen LogP contribution in [0.15, 0.2) is 58.4 Å². The molecule has 0 saturated heterocycles. The minimum absolute atomic E-state index is 0.0338. The second kappa shape index (κ2) is 7.38. The van der Waals surface area contributed by atoms with Crippen molar-refractivity contribution in [2.75, 3.05) is 0 Å². The second-order valence-corrected chi connectivity index (χ2v) is 6.84. The highest BCUT2D eigenvalue weighted by Gasteiger charge is 2.11. The Hall–Kier alpha value is -2.82. The average molecular weight is 412 g/mol. The van der Waals surface area contributed by atoms with E-state index in [9.17, 15) is 15.4 Å². The summed E-state index contributed by atoms with van der Waals surface area (Å²) in [7, 11) is 0. The van der Waals surface area contributed by atoms with Crippen molar-refractivity contribution >= 4 is 44.6 Å². The second-order valence-electron chi connectivity index (χ2n) is 5.07. The van der Waals surface area contributed by atoms with Gasteiger partial charge in [0, 0.05) is 27.5 Å². The Balaban J connectivity index is 1.91. The lowest BCUT2D eigenvalue weighted by Gasteiger charge is -1.98. The largest absolute Gasteiger partial charge is 0.269 e. The summed E-state index contributed by atoms with van der Waals surface area (Å²) >= 11 is 4.77. The average Bonchev–Trinajstić information content (AvgIpc) is 3.09. The normalized spacial score (nSPS) is 11.1. The van der Waals surface area contributed by atoms with Gasteiger partial charge in [-0.3, -0.25) is 10.1 Å². The number of non-ortho nitro benzene ring substituents is 1. The summed E-state index contributed by atoms with van der Waals surface area (Å²) in [5.74, 6) is 0. The molecule has 0 radical (unpaired) electrons. The number of nitro groups is 1. The number of halogens is 1. The molecular formula is C18H10BrN3O2S. The van der Waals surface area contributed by atoms with Crippen molar-refractivity contribution in [3.05, 3.63) is 79.1 Å². The highest BCUT2D eigenvalue weighted by atomic mass is 79.9. The van der Waals surface area contributed by atoms with E-state index in [-0.39, 0.29) is 5.69 Å². The Bertz CT molecular complexity index is 1000. The summed E-state index contributed by atoms with van der Waals surface area (Å²) in [6, 6.07) is 16.0. The Morgan fingerprint density at radius 2 is 2.04 bits per heavy atom. The van der Waals surface area contributed by atoms with E-state index in [1.54, 1.807) is 18.2 Å². The molecule has 0 bridgehead atoms. The number of nitriles is 1. The first kappa shape index (κ1) is 17.0. The molecule has 0 aliphatic heterocycles. The van der Waals surface area contributed by atoms with E-state index in [1.807, 2.05) is 29.6 Å². The fourth-order valence-corrected chi connectivity index (χ4v) is 3.40. The van der Waals surface area contributed by atoms with Crippen LogP contribution >= 0.6 is 27.3 Å². The van der Waals surface area contributed by atoms with Crippen LogP contribution in [0.5, 0.6) is 0 Å². The third-order valence-corrected chi connectivity index (χ3v) is 4.76. The molecule has 0 aliphatic carbocycles. The maximum Gasteiger partial charge on any atom is 0.269 e. The van der Waals surface area contributed by atoms with Crippen molar-refractivity contribution in [2.45, 2.75) is 0 Å². The van der Waals surface area contributed by atoms with Crippen molar-refractivity contribution in [2.24, 2.45) is 0 Å². The molecule has 0 atom stereocenters. The molecule has 0 aliphatic rings. The highest BCUT2D eigenvalue weighted by molar-refractivity contribution is 9.10. The maximum atomic E-state index is 10.7. The predicted octanol–water partition coefficient (Wildman–Crippen LogP) is 5.54. The third kappa shape index (κ3) is 3.99. The molecule has 0 saturated carbocycles. The predicted molar refractivity (Wildman–Crippen MR) is 102 cm³/mol.